The molecule has 1 aliphatic rings. The molecule has 2 unspecified atom stereocenters. The average molecular weight is 335 g/mol. The first kappa shape index (κ1) is 15.7. The molecule has 3 rings (SSSR count). The smallest absolute Gasteiger partial charge is 0.337 e. The molecule has 6 heteroatoms. The standard InChI is InChI=1S/C17H16ClFN2O2/c1-10-6-13(11-2-4-14(19)5-3-11)9-21(10)16-15(18)7-12(8-20-16)17(22)23/h2-5,7-8,10,13H,6,9H2,1H3,(H,22,23). The van der Waals surface area contributed by atoms with Crippen molar-refractivity contribution in [1.29, 1.82) is 0 Å². The van der Waals surface area contributed by atoms with Crippen molar-refractivity contribution in [3.63, 3.8) is 0 Å². The van der Waals surface area contributed by atoms with Crippen LogP contribution in [0.3, 0.4) is 0 Å². The van der Waals surface area contributed by atoms with E-state index in [1.165, 1.54) is 24.4 Å². The normalized spacial score (nSPS) is 20.7. The van der Waals surface area contributed by atoms with Gasteiger partial charge in [-0.2, -0.15) is 0 Å². The molecule has 1 aromatic carbocycles. The molecule has 1 aliphatic heterocycles. The number of carboxylic acids is 1. The third-order valence-electron chi connectivity index (χ3n) is 4.26. The number of benzene rings is 1. The van der Waals surface area contributed by atoms with Crippen LogP contribution in [0.5, 0.6) is 0 Å². The summed E-state index contributed by atoms with van der Waals surface area (Å²) in [6.45, 7) is 2.79. The zero-order valence-corrected chi connectivity index (χ0v) is 13.3. The Morgan fingerprint density at radius 2 is 2.09 bits per heavy atom. The summed E-state index contributed by atoms with van der Waals surface area (Å²) in [7, 11) is 0. The highest BCUT2D eigenvalue weighted by molar-refractivity contribution is 6.33. The summed E-state index contributed by atoms with van der Waals surface area (Å²) in [5.41, 5.74) is 1.15. The molecule has 4 nitrogen and oxygen atoms in total. The molecule has 0 radical (unpaired) electrons. The Labute approximate surface area is 138 Å². The number of hydrogen-bond acceptors (Lipinski definition) is 3. The fourth-order valence-corrected chi connectivity index (χ4v) is 3.34. The van der Waals surface area contributed by atoms with Crippen molar-refractivity contribution in [3.05, 3.63) is 58.5 Å². The largest absolute Gasteiger partial charge is 0.478 e. The predicted molar refractivity (Wildman–Crippen MR) is 86.8 cm³/mol. The lowest BCUT2D eigenvalue weighted by Gasteiger charge is -2.23. The second kappa shape index (κ2) is 6.16. The van der Waals surface area contributed by atoms with Gasteiger partial charge in [-0.25, -0.2) is 14.2 Å². The minimum absolute atomic E-state index is 0.0701. The lowest BCUT2D eigenvalue weighted by Crippen LogP contribution is -2.28. The van der Waals surface area contributed by atoms with E-state index < -0.39 is 5.97 Å². The van der Waals surface area contributed by atoms with Gasteiger partial charge in [-0.05, 0) is 37.1 Å². The molecule has 0 amide bonds. The Balaban J connectivity index is 1.84. The molecule has 23 heavy (non-hydrogen) atoms. The van der Waals surface area contributed by atoms with Gasteiger partial charge in [0, 0.05) is 24.7 Å². The van der Waals surface area contributed by atoms with Crippen LogP contribution in [0.4, 0.5) is 10.2 Å². The Hall–Kier alpha value is -2.14. The summed E-state index contributed by atoms with van der Waals surface area (Å²) >= 11 is 6.22. The Bertz CT molecular complexity index is 736. The van der Waals surface area contributed by atoms with E-state index in [-0.39, 0.29) is 23.3 Å². The molecule has 0 aliphatic carbocycles. The zero-order valence-electron chi connectivity index (χ0n) is 12.5. The molecular formula is C17H16ClFN2O2. The molecule has 0 spiro atoms. The Kier molecular flexibility index (Phi) is 4.22. The van der Waals surface area contributed by atoms with Gasteiger partial charge in [-0.3, -0.25) is 0 Å². The molecule has 1 fully saturated rings. The SMILES string of the molecule is CC1CC(c2ccc(F)cc2)CN1c1ncc(C(=O)O)cc1Cl. The Morgan fingerprint density at radius 3 is 2.70 bits per heavy atom. The molecule has 2 heterocycles. The Morgan fingerprint density at radius 1 is 1.39 bits per heavy atom. The molecular weight excluding hydrogens is 319 g/mol. The number of hydrogen-bond donors (Lipinski definition) is 1. The van der Waals surface area contributed by atoms with E-state index >= 15 is 0 Å². The predicted octanol–water partition coefficient (Wildman–Crippen LogP) is 3.95. The monoisotopic (exact) mass is 334 g/mol. The summed E-state index contributed by atoms with van der Waals surface area (Å²) < 4.78 is 13.1. The van der Waals surface area contributed by atoms with Gasteiger partial charge in [0.1, 0.15) is 11.6 Å². The molecule has 2 aromatic rings. The third-order valence-corrected chi connectivity index (χ3v) is 4.54. The van der Waals surface area contributed by atoms with E-state index in [1.807, 2.05) is 0 Å². The van der Waals surface area contributed by atoms with E-state index in [4.69, 9.17) is 16.7 Å². The topological polar surface area (TPSA) is 53.4 Å². The van der Waals surface area contributed by atoms with Crippen molar-refractivity contribution in [2.24, 2.45) is 0 Å². The van der Waals surface area contributed by atoms with E-state index in [1.54, 1.807) is 12.1 Å². The minimum atomic E-state index is -1.05. The van der Waals surface area contributed by atoms with Crippen LogP contribution in [0.2, 0.25) is 5.02 Å². The van der Waals surface area contributed by atoms with Crippen LogP contribution in [-0.4, -0.2) is 28.6 Å². The van der Waals surface area contributed by atoms with E-state index in [2.05, 4.69) is 16.8 Å². The molecule has 2 atom stereocenters. The maximum absolute atomic E-state index is 13.1. The van der Waals surface area contributed by atoms with Crippen molar-refractivity contribution in [2.45, 2.75) is 25.3 Å². The van der Waals surface area contributed by atoms with Crippen LogP contribution < -0.4 is 4.90 Å². The maximum Gasteiger partial charge on any atom is 0.337 e. The number of carboxylic acid groups (broad SMARTS) is 1. The summed E-state index contributed by atoms with van der Waals surface area (Å²) in [4.78, 5) is 17.3. The van der Waals surface area contributed by atoms with Crippen LogP contribution >= 0.6 is 11.6 Å². The van der Waals surface area contributed by atoms with Gasteiger partial charge in [0.2, 0.25) is 0 Å². The molecule has 1 N–H and O–H groups in total. The number of pyridine rings is 1. The number of anilines is 1. The van der Waals surface area contributed by atoms with Gasteiger partial charge in [-0.15, -0.1) is 0 Å². The first-order valence-electron chi connectivity index (χ1n) is 7.36. The van der Waals surface area contributed by atoms with Crippen LogP contribution in [0.1, 0.15) is 35.2 Å². The van der Waals surface area contributed by atoms with Crippen LogP contribution in [0, 0.1) is 5.82 Å². The summed E-state index contributed by atoms with van der Waals surface area (Å²) in [5.74, 6) is -0.438. The molecule has 1 aromatic heterocycles. The maximum atomic E-state index is 13.1. The lowest BCUT2D eigenvalue weighted by molar-refractivity contribution is 0.0696. The van der Waals surface area contributed by atoms with Crippen LogP contribution in [-0.2, 0) is 0 Å². The summed E-state index contributed by atoms with van der Waals surface area (Å²) in [6.07, 6.45) is 2.23. The minimum Gasteiger partial charge on any atom is -0.478 e. The van der Waals surface area contributed by atoms with Crippen LogP contribution in [0.15, 0.2) is 36.5 Å². The van der Waals surface area contributed by atoms with Crippen molar-refractivity contribution in [2.75, 3.05) is 11.4 Å². The number of carbonyl (C=O) groups is 1. The number of rotatable bonds is 3. The number of aromatic carboxylic acids is 1. The van der Waals surface area contributed by atoms with E-state index in [9.17, 15) is 9.18 Å². The fourth-order valence-electron chi connectivity index (χ4n) is 3.06. The quantitative estimate of drug-likeness (QED) is 0.923. The van der Waals surface area contributed by atoms with Gasteiger partial charge in [0.05, 0.1) is 10.6 Å². The molecule has 120 valence electrons. The average Bonchev–Trinajstić information content (AvgIpc) is 2.89. The van der Waals surface area contributed by atoms with Crippen molar-refractivity contribution in [3.8, 4) is 0 Å². The fraction of sp³-hybridized carbons (Fsp3) is 0.294. The van der Waals surface area contributed by atoms with Crippen molar-refractivity contribution < 1.29 is 14.3 Å². The van der Waals surface area contributed by atoms with E-state index in [0.29, 0.717) is 17.4 Å². The van der Waals surface area contributed by atoms with Crippen molar-refractivity contribution in [1.82, 2.24) is 4.98 Å². The van der Waals surface area contributed by atoms with Gasteiger partial charge in [0.15, 0.2) is 0 Å². The summed E-state index contributed by atoms with van der Waals surface area (Å²) in [5, 5.41) is 9.32. The first-order valence-corrected chi connectivity index (χ1v) is 7.74. The molecule has 0 bridgehead atoms. The van der Waals surface area contributed by atoms with Crippen molar-refractivity contribution >= 4 is 23.4 Å². The first-order chi connectivity index (χ1) is 11.0. The van der Waals surface area contributed by atoms with Gasteiger partial charge >= 0.3 is 5.97 Å². The molecule has 1 saturated heterocycles. The van der Waals surface area contributed by atoms with E-state index in [0.717, 1.165) is 12.0 Å². The highest BCUT2D eigenvalue weighted by Gasteiger charge is 2.32. The lowest BCUT2D eigenvalue weighted by atomic mass is 9.97. The molecule has 0 saturated carbocycles. The summed E-state index contributed by atoms with van der Waals surface area (Å²) in [6, 6.07) is 8.18. The van der Waals surface area contributed by atoms with Gasteiger partial charge in [-0.1, -0.05) is 23.7 Å². The highest BCUT2D eigenvalue weighted by atomic mass is 35.5. The second-order valence-electron chi connectivity index (χ2n) is 5.82. The third kappa shape index (κ3) is 3.15. The van der Waals surface area contributed by atoms with Gasteiger partial charge in [0.25, 0.3) is 0 Å². The number of halogens is 2. The highest BCUT2D eigenvalue weighted by Crippen LogP contribution is 2.37. The van der Waals surface area contributed by atoms with Gasteiger partial charge < -0.3 is 10.0 Å². The zero-order chi connectivity index (χ0) is 16.6. The second-order valence-corrected chi connectivity index (χ2v) is 6.23. The number of nitrogens with zero attached hydrogens (tertiary/aromatic N) is 2. The number of aromatic nitrogens is 1. The van der Waals surface area contributed by atoms with Crippen LogP contribution in [0.25, 0.3) is 0 Å².